The molecule has 0 spiro atoms. The van der Waals surface area contributed by atoms with Gasteiger partial charge in [-0.2, -0.15) is 10.1 Å². The van der Waals surface area contributed by atoms with Crippen molar-refractivity contribution in [2.75, 3.05) is 19.0 Å². The number of sulfone groups is 1. The Morgan fingerprint density at radius 1 is 1.06 bits per heavy atom. The van der Waals surface area contributed by atoms with Gasteiger partial charge in [0.25, 0.3) is 0 Å². The lowest BCUT2D eigenvalue weighted by molar-refractivity contribution is 0.600. The molecule has 0 aliphatic carbocycles. The number of aryl methyl sites for hydroxylation is 2. The van der Waals surface area contributed by atoms with E-state index in [1.807, 2.05) is 62.1 Å². The van der Waals surface area contributed by atoms with Crippen molar-refractivity contribution < 1.29 is 8.42 Å². The minimum atomic E-state index is -3.11. The lowest BCUT2D eigenvalue weighted by Crippen LogP contribution is -2.35. The van der Waals surface area contributed by atoms with Gasteiger partial charge in [0.1, 0.15) is 11.4 Å². The predicted octanol–water partition coefficient (Wildman–Crippen LogP) is 3.40. The number of nitrogen functional groups attached to an aromatic ring is 1. The molecule has 2 N–H and O–H groups in total. The SMILES string of the molecule is Cc1c2ccc([N+](C)(c3ccc(CS(C)(=O)=O)cc3)c3ccnc(N)n3)cc2nn1C. The number of anilines is 1. The number of quaternary nitrogens is 1. The molecule has 2 heterocycles. The number of rotatable bonds is 5. The molecule has 0 amide bonds. The summed E-state index contributed by atoms with van der Waals surface area (Å²) in [7, 11) is 0.829. The fraction of sp³-hybridized carbons (Fsp3) is 0.227. The molecule has 0 aliphatic heterocycles. The number of hydrogen-bond acceptors (Lipinski definition) is 6. The summed E-state index contributed by atoms with van der Waals surface area (Å²) in [5.74, 6) is 0.872. The van der Waals surface area contributed by atoms with Crippen molar-refractivity contribution >= 4 is 43.9 Å². The van der Waals surface area contributed by atoms with Gasteiger partial charge in [0.15, 0.2) is 9.84 Å². The van der Waals surface area contributed by atoms with Crippen LogP contribution in [0, 0.1) is 6.92 Å². The smallest absolute Gasteiger partial charge is 0.242 e. The van der Waals surface area contributed by atoms with Crippen molar-refractivity contribution in [2.24, 2.45) is 7.05 Å². The van der Waals surface area contributed by atoms with E-state index in [0.717, 1.165) is 33.5 Å². The molecule has 0 saturated carbocycles. The molecule has 0 aliphatic rings. The highest BCUT2D eigenvalue weighted by Gasteiger charge is 2.34. The lowest BCUT2D eigenvalue weighted by atomic mass is 10.1. The Bertz CT molecular complexity index is 1380. The molecule has 4 aromatic rings. The first kappa shape index (κ1) is 21.0. The Balaban J connectivity index is 1.90. The monoisotopic (exact) mass is 437 g/mol. The van der Waals surface area contributed by atoms with E-state index >= 15 is 0 Å². The van der Waals surface area contributed by atoms with Crippen molar-refractivity contribution in [3.05, 3.63) is 66.0 Å². The summed E-state index contributed by atoms with van der Waals surface area (Å²) in [6, 6.07) is 15.5. The van der Waals surface area contributed by atoms with Gasteiger partial charge in [0.05, 0.1) is 18.3 Å². The molecule has 2 aromatic heterocycles. The average molecular weight is 438 g/mol. The third-order valence-electron chi connectivity index (χ3n) is 5.63. The number of nitrogens with zero attached hydrogens (tertiary/aromatic N) is 5. The van der Waals surface area contributed by atoms with Crippen LogP contribution in [-0.2, 0) is 22.6 Å². The Kier molecular flexibility index (Phi) is 5.03. The molecular weight excluding hydrogens is 412 g/mol. The first-order valence-electron chi connectivity index (χ1n) is 9.75. The van der Waals surface area contributed by atoms with E-state index in [9.17, 15) is 8.42 Å². The van der Waals surface area contributed by atoms with Gasteiger partial charge in [-0.05, 0) is 18.6 Å². The Hall–Kier alpha value is -3.30. The van der Waals surface area contributed by atoms with E-state index in [1.165, 1.54) is 6.26 Å². The van der Waals surface area contributed by atoms with Crippen LogP contribution in [0.1, 0.15) is 11.3 Å². The second kappa shape index (κ2) is 7.44. The predicted molar refractivity (Wildman–Crippen MR) is 124 cm³/mol. The standard InChI is InChI=1S/C22H25N6O2S/c1-15-19-10-9-18(13-20(19)26-27(15)2)28(3,21-11-12-24-22(23)25-21)17-7-5-16(6-8-17)14-31(4,29)30/h5-13H,14H2,1-4H3,(H2,23,24,25)/q+1. The first-order chi connectivity index (χ1) is 14.6. The maximum Gasteiger partial charge on any atom is 0.242 e. The summed E-state index contributed by atoms with van der Waals surface area (Å²) >= 11 is 0. The zero-order valence-corrected chi connectivity index (χ0v) is 18.8. The lowest BCUT2D eigenvalue weighted by Gasteiger charge is -2.32. The molecule has 0 fully saturated rings. The zero-order chi connectivity index (χ0) is 22.4. The normalized spacial score (nSPS) is 13.9. The Morgan fingerprint density at radius 3 is 2.39 bits per heavy atom. The Morgan fingerprint density at radius 2 is 1.74 bits per heavy atom. The molecule has 4 rings (SSSR count). The highest BCUT2D eigenvalue weighted by molar-refractivity contribution is 7.89. The third-order valence-corrected chi connectivity index (χ3v) is 6.49. The topological polar surface area (TPSA) is 104 Å². The van der Waals surface area contributed by atoms with Crippen molar-refractivity contribution in [2.45, 2.75) is 12.7 Å². The van der Waals surface area contributed by atoms with Gasteiger partial charge in [-0.15, -0.1) is 0 Å². The van der Waals surface area contributed by atoms with E-state index < -0.39 is 9.84 Å². The van der Waals surface area contributed by atoms with E-state index in [1.54, 1.807) is 6.20 Å². The molecular formula is C22H25N6O2S+. The van der Waals surface area contributed by atoms with E-state index in [4.69, 9.17) is 5.73 Å². The van der Waals surface area contributed by atoms with E-state index in [-0.39, 0.29) is 16.2 Å². The third kappa shape index (κ3) is 3.89. The maximum atomic E-state index is 11.7. The van der Waals surface area contributed by atoms with Gasteiger partial charge < -0.3 is 5.73 Å². The first-order valence-corrected chi connectivity index (χ1v) is 11.8. The average Bonchev–Trinajstić information content (AvgIpc) is 3.00. The van der Waals surface area contributed by atoms with Gasteiger partial charge in [0.2, 0.25) is 11.8 Å². The second-order valence-electron chi connectivity index (χ2n) is 7.93. The summed E-state index contributed by atoms with van der Waals surface area (Å²) in [4.78, 5) is 8.53. The van der Waals surface area contributed by atoms with Crippen molar-refractivity contribution in [3.8, 4) is 0 Å². The number of nitrogens with two attached hydrogens (primary N) is 1. The fourth-order valence-electron chi connectivity index (χ4n) is 3.82. The molecule has 8 nitrogen and oxygen atoms in total. The van der Waals surface area contributed by atoms with Crippen LogP contribution < -0.4 is 10.2 Å². The Labute approximate surface area is 181 Å². The summed E-state index contributed by atoms with van der Waals surface area (Å²) in [5, 5.41) is 5.72. The summed E-state index contributed by atoms with van der Waals surface area (Å²) in [5.41, 5.74) is 10.5. The number of hydrogen-bond donors (Lipinski definition) is 1. The van der Waals surface area contributed by atoms with Gasteiger partial charge in [-0.25, -0.2) is 17.9 Å². The highest BCUT2D eigenvalue weighted by atomic mass is 32.2. The van der Waals surface area contributed by atoms with Crippen LogP contribution in [0.2, 0.25) is 0 Å². The van der Waals surface area contributed by atoms with Gasteiger partial charge in [-0.1, -0.05) is 12.1 Å². The summed E-state index contributed by atoms with van der Waals surface area (Å²) in [6.07, 6.45) is 2.87. The maximum absolute atomic E-state index is 11.7. The summed E-state index contributed by atoms with van der Waals surface area (Å²) < 4.78 is 25.4. The molecule has 1 atom stereocenters. The quantitative estimate of drug-likeness (QED) is 0.480. The molecule has 9 heteroatoms. The van der Waals surface area contributed by atoms with Gasteiger partial charge in [-0.3, -0.25) is 4.68 Å². The van der Waals surface area contributed by atoms with Crippen molar-refractivity contribution in [3.63, 3.8) is 0 Å². The fourth-order valence-corrected chi connectivity index (χ4v) is 4.62. The van der Waals surface area contributed by atoms with Crippen LogP contribution in [0.15, 0.2) is 54.7 Å². The molecule has 0 saturated heterocycles. The number of aromatic nitrogens is 4. The van der Waals surface area contributed by atoms with Crippen LogP contribution in [0.5, 0.6) is 0 Å². The highest BCUT2D eigenvalue weighted by Crippen LogP contribution is 2.42. The minimum Gasteiger partial charge on any atom is -0.368 e. The van der Waals surface area contributed by atoms with Crippen molar-refractivity contribution in [1.29, 1.82) is 0 Å². The largest absolute Gasteiger partial charge is 0.368 e. The van der Waals surface area contributed by atoms with Crippen LogP contribution in [0.4, 0.5) is 23.1 Å². The molecule has 31 heavy (non-hydrogen) atoms. The molecule has 0 radical (unpaired) electrons. The molecule has 1 unspecified atom stereocenters. The van der Waals surface area contributed by atoms with Crippen LogP contribution in [-0.4, -0.2) is 41.5 Å². The number of benzene rings is 2. The van der Waals surface area contributed by atoms with Crippen molar-refractivity contribution in [1.82, 2.24) is 24.2 Å². The van der Waals surface area contributed by atoms with Gasteiger partial charge in [0, 0.05) is 60.9 Å². The number of fused-ring (bicyclic) bond motifs is 1. The van der Waals surface area contributed by atoms with Crippen LogP contribution in [0.3, 0.4) is 0 Å². The van der Waals surface area contributed by atoms with E-state index in [2.05, 4.69) is 27.2 Å². The van der Waals surface area contributed by atoms with Crippen LogP contribution >= 0.6 is 0 Å². The zero-order valence-electron chi connectivity index (χ0n) is 17.9. The molecule has 2 aromatic carbocycles. The second-order valence-corrected chi connectivity index (χ2v) is 10.1. The summed E-state index contributed by atoms with van der Waals surface area (Å²) in [6.45, 7) is 2.04. The van der Waals surface area contributed by atoms with Crippen LogP contribution in [0.25, 0.3) is 10.9 Å². The van der Waals surface area contributed by atoms with Gasteiger partial charge >= 0.3 is 0 Å². The minimum absolute atomic E-state index is 0.00335. The molecule has 0 bridgehead atoms. The van der Waals surface area contributed by atoms with E-state index in [0.29, 0.717) is 5.82 Å². The molecule has 160 valence electrons.